The Bertz CT molecular complexity index is 459. The monoisotopic (exact) mass is 283 g/mol. The largest absolute Gasteiger partial charge is 0.466 e. The van der Waals surface area contributed by atoms with Crippen molar-refractivity contribution in [1.82, 2.24) is 4.98 Å². The van der Waals surface area contributed by atoms with Gasteiger partial charge < -0.3 is 4.74 Å². The molecule has 0 spiro atoms. The normalized spacial score (nSPS) is 11.7. The van der Waals surface area contributed by atoms with E-state index in [9.17, 15) is 26.7 Å². The summed E-state index contributed by atoms with van der Waals surface area (Å²) >= 11 is 0. The van der Waals surface area contributed by atoms with Gasteiger partial charge in [-0.2, -0.15) is 13.2 Å². The van der Waals surface area contributed by atoms with Crippen molar-refractivity contribution in [3.05, 3.63) is 29.1 Å². The van der Waals surface area contributed by atoms with Gasteiger partial charge in [0.05, 0.1) is 24.3 Å². The first-order valence-electron chi connectivity index (χ1n) is 5.25. The molecule has 1 aromatic rings. The Hall–Kier alpha value is -1.73. The van der Waals surface area contributed by atoms with E-state index in [-0.39, 0.29) is 6.61 Å². The second-order valence-electron chi connectivity index (χ2n) is 3.54. The maximum Gasteiger partial charge on any atom is 0.417 e. The number of carbonyl (C=O) groups is 1. The molecule has 0 saturated carbocycles. The Balaban J connectivity index is 3.09. The van der Waals surface area contributed by atoms with Crippen LogP contribution in [0.15, 0.2) is 12.3 Å². The third-order valence-corrected chi connectivity index (χ3v) is 2.18. The summed E-state index contributed by atoms with van der Waals surface area (Å²) in [6.07, 6.45) is -8.09. The predicted molar refractivity (Wildman–Crippen MR) is 54.5 cm³/mol. The molecule has 1 heterocycles. The molecule has 0 radical (unpaired) electrons. The van der Waals surface area contributed by atoms with Gasteiger partial charge in [0, 0.05) is 11.8 Å². The summed E-state index contributed by atoms with van der Waals surface area (Å²) in [5.41, 5.74) is -2.61. The number of rotatable bonds is 4. The van der Waals surface area contributed by atoms with Gasteiger partial charge in [-0.25, -0.2) is 8.78 Å². The van der Waals surface area contributed by atoms with Crippen LogP contribution in [0.25, 0.3) is 0 Å². The van der Waals surface area contributed by atoms with Gasteiger partial charge in [0.25, 0.3) is 6.43 Å². The minimum atomic E-state index is -4.76. The van der Waals surface area contributed by atoms with Crippen LogP contribution >= 0.6 is 0 Å². The zero-order valence-electron chi connectivity index (χ0n) is 9.80. The molecular formula is C11H10F5NO2. The molecule has 0 fully saturated rings. The van der Waals surface area contributed by atoms with E-state index in [1.165, 1.54) is 6.92 Å². The third-order valence-electron chi connectivity index (χ3n) is 2.18. The van der Waals surface area contributed by atoms with E-state index in [0.717, 1.165) is 0 Å². The van der Waals surface area contributed by atoms with Crippen molar-refractivity contribution in [1.29, 1.82) is 0 Å². The van der Waals surface area contributed by atoms with E-state index in [2.05, 4.69) is 9.72 Å². The maximum atomic E-state index is 12.7. The number of nitrogens with zero attached hydrogens (tertiary/aromatic N) is 1. The van der Waals surface area contributed by atoms with Crippen LogP contribution in [0.5, 0.6) is 0 Å². The Labute approximate surface area is 105 Å². The van der Waals surface area contributed by atoms with Gasteiger partial charge >= 0.3 is 12.1 Å². The van der Waals surface area contributed by atoms with Crippen LogP contribution in [0.1, 0.15) is 30.2 Å². The second-order valence-corrected chi connectivity index (χ2v) is 3.54. The van der Waals surface area contributed by atoms with Gasteiger partial charge in [0.2, 0.25) is 0 Å². The molecule has 0 saturated heterocycles. The molecule has 0 bridgehead atoms. The van der Waals surface area contributed by atoms with Crippen LogP contribution < -0.4 is 0 Å². The molecule has 0 amide bonds. The number of alkyl halides is 5. The number of esters is 1. The number of aromatic nitrogens is 1. The van der Waals surface area contributed by atoms with Gasteiger partial charge in [-0.1, -0.05) is 0 Å². The molecule has 1 aromatic heterocycles. The van der Waals surface area contributed by atoms with Crippen molar-refractivity contribution < 1.29 is 31.5 Å². The highest BCUT2D eigenvalue weighted by atomic mass is 19.4. The minimum Gasteiger partial charge on any atom is -0.466 e. The van der Waals surface area contributed by atoms with Crippen LogP contribution in [0.3, 0.4) is 0 Å². The molecule has 0 aliphatic heterocycles. The van der Waals surface area contributed by atoms with Gasteiger partial charge in [0.15, 0.2) is 0 Å². The highest BCUT2D eigenvalue weighted by molar-refractivity contribution is 5.72. The molecule has 0 aliphatic carbocycles. The van der Waals surface area contributed by atoms with Gasteiger partial charge in [-0.15, -0.1) is 0 Å². The summed E-state index contributed by atoms with van der Waals surface area (Å²) < 4.78 is 67.0. The molecule has 0 aliphatic rings. The number of hydrogen-bond donors (Lipinski definition) is 0. The molecule has 0 unspecified atom stereocenters. The first-order chi connectivity index (χ1) is 8.75. The quantitative estimate of drug-likeness (QED) is 0.629. The van der Waals surface area contributed by atoms with Crippen molar-refractivity contribution >= 4 is 5.97 Å². The lowest BCUT2D eigenvalue weighted by atomic mass is 10.1. The molecular weight excluding hydrogens is 273 g/mol. The van der Waals surface area contributed by atoms with E-state index in [4.69, 9.17) is 0 Å². The van der Waals surface area contributed by atoms with Crippen molar-refractivity contribution in [2.75, 3.05) is 6.61 Å². The lowest BCUT2D eigenvalue weighted by molar-refractivity contribution is -0.142. The summed E-state index contributed by atoms with van der Waals surface area (Å²) in [4.78, 5) is 14.4. The Morgan fingerprint density at radius 2 is 2.05 bits per heavy atom. The van der Waals surface area contributed by atoms with Crippen molar-refractivity contribution in [3.8, 4) is 0 Å². The fraction of sp³-hybridized carbons (Fsp3) is 0.455. The average Bonchev–Trinajstić information content (AvgIpc) is 2.27. The Morgan fingerprint density at radius 1 is 1.42 bits per heavy atom. The second kappa shape index (κ2) is 5.94. The van der Waals surface area contributed by atoms with E-state index < -0.39 is 41.8 Å². The number of ether oxygens (including phenoxy) is 1. The zero-order valence-corrected chi connectivity index (χ0v) is 9.80. The summed E-state index contributed by atoms with van der Waals surface area (Å²) in [5, 5.41) is 0. The Kier molecular flexibility index (Phi) is 4.79. The maximum absolute atomic E-state index is 12.7. The van der Waals surface area contributed by atoms with Crippen LogP contribution in [-0.2, 0) is 22.1 Å². The fourth-order valence-electron chi connectivity index (χ4n) is 1.35. The van der Waals surface area contributed by atoms with E-state index in [1.807, 2.05) is 0 Å². The van der Waals surface area contributed by atoms with E-state index in [1.54, 1.807) is 0 Å². The highest BCUT2D eigenvalue weighted by Crippen LogP contribution is 2.32. The number of halogens is 5. The van der Waals surface area contributed by atoms with Gasteiger partial charge in [-0.05, 0) is 13.0 Å². The van der Waals surface area contributed by atoms with Crippen molar-refractivity contribution in [2.24, 2.45) is 0 Å². The van der Waals surface area contributed by atoms with Gasteiger partial charge in [0.1, 0.15) is 0 Å². The number of pyridine rings is 1. The molecule has 8 heteroatoms. The van der Waals surface area contributed by atoms with Crippen LogP contribution in [-0.4, -0.2) is 17.6 Å². The smallest absolute Gasteiger partial charge is 0.417 e. The molecule has 3 nitrogen and oxygen atoms in total. The van der Waals surface area contributed by atoms with E-state index >= 15 is 0 Å². The van der Waals surface area contributed by atoms with Gasteiger partial charge in [-0.3, -0.25) is 9.78 Å². The topological polar surface area (TPSA) is 39.2 Å². The molecule has 0 atom stereocenters. The zero-order chi connectivity index (χ0) is 14.6. The SMILES string of the molecule is CCOC(=O)Cc1ncc(C(F)(F)F)cc1C(F)F. The first kappa shape index (κ1) is 15.3. The van der Waals surface area contributed by atoms with E-state index in [0.29, 0.717) is 12.3 Å². The van der Waals surface area contributed by atoms with Crippen LogP contribution in [0, 0.1) is 0 Å². The summed E-state index contributed by atoms with van der Waals surface area (Å²) in [7, 11) is 0. The predicted octanol–water partition coefficient (Wildman–Crippen LogP) is 3.14. The lowest BCUT2D eigenvalue weighted by Gasteiger charge is -2.11. The van der Waals surface area contributed by atoms with Crippen molar-refractivity contribution in [3.63, 3.8) is 0 Å². The lowest BCUT2D eigenvalue weighted by Crippen LogP contribution is -2.13. The number of carbonyl (C=O) groups excluding carboxylic acids is 1. The van der Waals surface area contributed by atoms with Crippen molar-refractivity contribution in [2.45, 2.75) is 25.9 Å². The molecule has 1 rings (SSSR count). The molecule has 0 aromatic carbocycles. The van der Waals surface area contributed by atoms with Crippen LogP contribution in [0.4, 0.5) is 22.0 Å². The minimum absolute atomic E-state index is 0.0451. The Morgan fingerprint density at radius 3 is 2.53 bits per heavy atom. The molecule has 106 valence electrons. The fourth-order valence-corrected chi connectivity index (χ4v) is 1.35. The standard InChI is InChI=1S/C11H10F5NO2/c1-2-19-9(18)4-8-7(10(12)13)3-6(5-17-8)11(14,15)16/h3,5,10H,2,4H2,1H3. The number of hydrogen-bond acceptors (Lipinski definition) is 3. The summed E-state index contributed by atoms with van der Waals surface area (Å²) in [5.74, 6) is -0.823. The van der Waals surface area contributed by atoms with Crippen LogP contribution in [0.2, 0.25) is 0 Å². The molecule has 0 N–H and O–H groups in total. The summed E-state index contributed by atoms with van der Waals surface area (Å²) in [6, 6.07) is 0.298. The third kappa shape index (κ3) is 4.15. The average molecular weight is 283 g/mol. The summed E-state index contributed by atoms with van der Waals surface area (Å²) in [6.45, 7) is 1.57. The molecule has 19 heavy (non-hydrogen) atoms. The highest BCUT2D eigenvalue weighted by Gasteiger charge is 2.33. The first-order valence-corrected chi connectivity index (χ1v) is 5.25.